The molecule has 7 heteroatoms. The molecule has 1 amide bonds. The molecule has 3 aromatic carbocycles. The molecule has 0 bridgehead atoms. The number of amides is 1. The fourth-order valence-electron chi connectivity index (χ4n) is 3.91. The third kappa shape index (κ3) is 4.49. The summed E-state index contributed by atoms with van der Waals surface area (Å²) in [5, 5.41) is 4.29. The predicted octanol–water partition coefficient (Wildman–Crippen LogP) is 5.20. The van der Waals surface area contributed by atoms with Crippen LogP contribution in [0.5, 0.6) is 0 Å². The highest BCUT2D eigenvalue weighted by atomic mass is 35.5. The van der Waals surface area contributed by atoms with Crippen LogP contribution in [0.4, 0.5) is 11.4 Å². The third-order valence-corrected chi connectivity index (χ3v) is 5.96. The SMILES string of the molecule is O=C(Nc1ccc(N2CCOCC2)c(Cl)c1)c1ccc(-c2cc3ccccc3oc2=O)cc1. The van der Waals surface area contributed by atoms with E-state index in [0.29, 0.717) is 46.2 Å². The molecule has 0 spiro atoms. The van der Waals surface area contributed by atoms with E-state index in [2.05, 4.69) is 10.2 Å². The van der Waals surface area contributed by atoms with Crippen LogP contribution in [0.15, 0.2) is 82.0 Å². The Bertz CT molecular complexity index is 1380. The minimum absolute atomic E-state index is 0.262. The number of para-hydroxylation sites is 1. The highest BCUT2D eigenvalue weighted by Gasteiger charge is 2.15. The average molecular weight is 461 g/mol. The van der Waals surface area contributed by atoms with Gasteiger partial charge in [0.2, 0.25) is 0 Å². The Morgan fingerprint density at radius 1 is 0.939 bits per heavy atom. The number of hydrogen-bond acceptors (Lipinski definition) is 5. The van der Waals surface area contributed by atoms with Gasteiger partial charge in [0.25, 0.3) is 5.91 Å². The molecule has 1 saturated heterocycles. The second-order valence-electron chi connectivity index (χ2n) is 7.78. The van der Waals surface area contributed by atoms with Gasteiger partial charge in [-0.2, -0.15) is 0 Å². The Morgan fingerprint density at radius 2 is 1.70 bits per heavy atom. The van der Waals surface area contributed by atoms with Crippen LogP contribution in [0.3, 0.4) is 0 Å². The predicted molar refractivity (Wildman–Crippen MR) is 130 cm³/mol. The lowest BCUT2D eigenvalue weighted by molar-refractivity contribution is 0.102. The summed E-state index contributed by atoms with van der Waals surface area (Å²) in [4.78, 5) is 27.3. The first kappa shape index (κ1) is 21.2. The van der Waals surface area contributed by atoms with Crippen molar-refractivity contribution in [2.24, 2.45) is 0 Å². The topological polar surface area (TPSA) is 71.8 Å². The summed E-state index contributed by atoms with van der Waals surface area (Å²) in [5.41, 5.74) is 3.27. The van der Waals surface area contributed by atoms with Crippen LogP contribution in [0.1, 0.15) is 10.4 Å². The molecule has 166 valence electrons. The van der Waals surface area contributed by atoms with Gasteiger partial charge in [-0.3, -0.25) is 4.79 Å². The monoisotopic (exact) mass is 460 g/mol. The summed E-state index contributed by atoms with van der Waals surface area (Å²) in [5.74, 6) is -0.262. The lowest BCUT2D eigenvalue weighted by atomic mass is 10.0. The maximum Gasteiger partial charge on any atom is 0.344 e. The van der Waals surface area contributed by atoms with Gasteiger partial charge in [0.05, 0.1) is 29.5 Å². The maximum absolute atomic E-state index is 12.7. The first-order chi connectivity index (χ1) is 16.1. The van der Waals surface area contributed by atoms with Crippen LogP contribution in [-0.2, 0) is 4.74 Å². The number of nitrogens with one attached hydrogen (secondary N) is 1. The Morgan fingerprint density at radius 3 is 2.45 bits per heavy atom. The van der Waals surface area contributed by atoms with Gasteiger partial charge in [-0.1, -0.05) is 41.9 Å². The Hall–Kier alpha value is -3.61. The second kappa shape index (κ2) is 9.10. The number of ether oxygens (including phenoxy) is 1. The van der Waals surface area contributed by atoms with Crippen molar-refractivity contribution >= 4 is 39.9 Å². The molecule has 1 aromatic heterocycles. The van der Waals surface area contributed by atoms with E-state index in [1.807, 2.05) is 30.3 Å². The number of anilines is 2. The molecule has 2 heterocycles. The molecule has 0 aliphatic carbocycles. The second-order valence-corrected chi connectivity index (χ2v) is 8.19. The van der Waals surface area contributed by atoms with Gasteiger partial charge < -0.3 is 19.4 Å². The van der Waals surface area contributed by atoms with Crippen molar-refractivity contribution in [1.29, 1.82) is 0 Å². The summed E-state index contributed by atoms with van der Waals surface area (Å²) in [6.45, 7) is 2.92. The van der Waals surface area contributed by atoms with Crippen molar-refractivity contribution in [2.75, 3.05) is 36.5 Å². The number of morpholine rings is 1. The zero-order valence-electron chi connectivity index (χ0n) is 17.7. The highest BCUT2D eigenvalue weighted by Crippen LogP contribution is 2.30. The molecule has 0 atom stereocenters. The molecule has 0 unspecified atom stereocenters. The quantitative estimate of drug-likeness (QED) is 0.424. The van der Waals surface area contributed by atoms with Crippen LogP contribution in [0, 0.1) is 0 Å². The van der Waals surface area contributed by atoms with Crippen molar-refractivity contribution in [1.82, 2.24) is 0 Å². The smallest absolute Gasteiger partial charge is 0.344 e. The summed E-state index contributed by atoms with van der Waals surface area (Å²) in [6.07, 6.45) is 0. The fourth-order valence-corrected chi connectivity index (χ4v) is 4.21. The highest BCUT2D eigenvalue weighted by molar-refractivity contribution is 6.33. The maximum atomic E-state index is 12.7. The van der Waals surface area contributed by atoms with Gasteiger partial charge in [-0.25, -0.2) is 4.79 Å². The molecule has 4 aromatic rings. The molecule has 33 heavy (non-hydrogen) atoms. The molecule has 6 nitrogen and oxygen atoms in total. The van der Waals surface area contributed by atoms with E-state index in [9.17, 15) is 9.59 Å². The molecule has 0 saturated carbocycles. The van der Waals surface area contributed by atoms with Gasteiger partial charge in [-0.05, 0) is 48.0 Å². The van der Waals surface area contributed by atoms with Crippen molar-refractivity contribution in [2.45, 2.75) is 0 Å². The zero-order chi connectivity index (χ0) is 22.8. The first-order valence-electron chi connectivity index (χ1n) is 10.7. The number of carbonyl (C=O) groups is 1. The van der Waals surface area contributed by atoms with Crippen molar-refractivity contribution in [3.8, 4) is 11.1 Å². The average Bonchev–Trinajstić information content (AvgIpc) is 2.84. The fraction of sp³-hybridized carbons (Fsp3) is 0.154. The normalized spacial score (nSPS) is 13.8. The molecular formula is C26H21ClN2O4. The van der Waals surface area contributed by atoms with Crippen molar-refractivity contribution in [3.63, 3.8) is 0 Å². The molecule has 5 rings (SSSR count). The molecule has 1 fully saturated rings. The minimum Gasteiger partial charge on any atom is -0.422 e. The number of fused-ring (bicyclic) bond motifs is 1. The summed E-state index contributed by atoms with van der Waals surface area (Å²) in [7, 11) is 0. The van der Waals surface area contributed by atoms with Gasteiger partial charge in [-0.15, -0.1) is 0 Å². The Kier molecular flexibility index (Phi) is 5.86. The largest absolute Gasteiger partial charge is 0.422 e. The number of halogens is 1. The van der Waals surface area contributed by atoms with E-state index in [-0.39, 0.29) is 5.91 Å². The number of benzene rings is 3. The zero-order valence-corrected chi connectivity index (χ0v) is 18.5. The van der Waals surface area contributed by atoms with Gasteiger partial charge in [0.1, 0.15) is 5.58 Å². The van der Waals surface area contributed by atoms with Crippen molar-refractivity contribution in [3.05, 3.63) is 93.8 Å². The first-order valence-corrected chi connectivity index (χ1v) is 11.0. The van der Waals surface area contributed by atoms with E-state index in [4.69, 9.17) is 20.8 Å². The summed E-state index contributed by atoms with van der Waals surface area (Å²) < 4.78 is 10.8. The van der Waals surface area contributed by atoms with Gasteiger partial charge in [0, 0.05) is 29.7 Å². The van der Waals surface area contributed by atoms with Crippen LogP contribution in [-0.4, -0.2) is 32.2 Å². The number of nitrogens with zero attached hydrogens (tertiary/aromatic N) is 1. The number of carbonyl (C=O) groups excluding carboxylic acids is 1. The summed E-state index contributed by atoms with van der Waals surface area (Å²) in [6, 6.07) is 21.5. The Labute approximate surface area is 195 Å². The molecule has 0 radical (unpaired) electrons. The lowest BCUT2D eigenvalue weighted by Crippen LogP contribution is -2.36. The van der Waals surface area contributed by atoms with E-state index < -0.39 is 5.63 Å². The molecule has 1 N–H and O–H groups in total. The van der Waals surface area contributed by atoms with Crippen LogP contribution in [0.25, 0.3) is 22.1 Å². The van der Waals surface area contributed by atoms with Crippen LogP contribution >= 0.6 is 11.6 Å². The standard InChI is InChI=1S/C26H21ClN2O4/c27-22-16-20(9-10-23(22)29-11-13-32-14-12-29)28-25(30)18-7-5-17(6-8-18)21-15-19-3-1-2-4-24(19)33-26(21)31/h1-10,15-16H,11-14H2,(H,28,30). The number of rotatable bonds is 4. The number of hydrogen-bond donors (Lipinski definition) is 1. The van der Waals surface area contributed by atoms with E-state index in [1.165, 1.54) is 0 Å². The van der Waals surface area contributed by atoms with E-state index in [1.54, 1.807) is 42.5 Å². The third-order valence-electron chi connectivity index (χ3n) is 5.66. The Balaban J connectivity index is 1.32. The molecule has 1 aliphatic heterocycles. The van der Waals surface area contributed by atoms with Crippen LogP contribution in [0.2, 0.25) is 5.02 Å². The van der Waals surface area contributed by atoms with Gasteiger partial charge in [0.15, 0.2) is 0 Å². The lowest BCUT2D eigenvalue weighted by Gasteiger charge is -2.29. The molecule has 1 aliphatic rings. The minimum atomic E-state index is -0.416. The summed E-state index contributed by atoms with van der Waals surface area (Å²) >= 11 is 6.46. The van der Waals surface area contributed by atoms with E-state index >= 15 is 0 Å². The van der Waals surface area contributed by atoms with Crippen molar-refractivity contribution < 1.29 is 13.9 Å². The molecular weight excluding hydrogens is 440 g/mol. The van der Waals surface area contributed by atoms with E-state index in [0.717, 1.165) is 24.2 Å². The van der Waals surface area contributed by atoms with Gasteiger partial charge >= 0.3 is 5.63 Å². The van der Waals surface area contributed by atoms with Crippen LogP contribution < -0.4 is 15.8 Å².